The SMILES string of the molecule is COc1ccccc1-n1c2c([nH]c1=O)C=NC(NCCO)(C(N)=O)N2. The average Bonchev–Trinajstić information content (AvgIpc) is 2.94. The molecule has 1 atom stereocenters. The van der Waals surface area contributed by atoms with Gasteiger partial charge in [-0.2, -0.15) is 0 Å². The summed E-state index contributed by atoms with van der Waals surface area (Å²) in [6, 6.07) is 6.95. The molecule has 1 unspecified atom stereocenters. The van der Waals surface area contributed by atoms with Crippen LogP contribution in [0.1, 0.15) is 5.69 Å². The maximum atomic E-state index is 12.4. The van der Waals surface area contributed by atoms with E-state index in [2.05, 4.69) is 20.6 Å². The van der Waals surface area contributed by atoms with Gasteiger partial charge in [0.2, 0.25) is 0 Å². The van der Waals surface area contributed by atoms with Gasteiger partial charge in [-0.05, 0) is 12.1 Å². The molecule has 0 radical (unpaired) electrons. The summed E-state index contributed by atoms with van der Waals surface area (Å²) in [6.07, 6.45) is 1.34. The van der Waals surface area contributed by atoms with Gasteiger partial charge in [0.25, 0.3) is 11.7 Å². The minimum Gasteiger partial charge on any atom is -0.495 e. The number of aliphatic imine (C=N–C) groups is 1. The highest BCUT2D eigenvalue weighted by atomic mass is 16.5. The highest BCUT2D eigenvalue weighted by Gasteiger charge is 2.40. The van der Waals surface area contributed by atoms with E-state index in [4.69, 9.17) is 15.6 Å². The predicted molar refractivity (Wildman–Crippen MR) is 91.2 cm³/mol. The standard InChI is InChI=1S/C15H18N6O4/c1-25-11-5-3-2-4-10(11)21-12-9(19-14(21)24)8-18-15(20-12,13(16)23)17-6-7-22/h2-5,8,17,20,22H,6-7H2,1H3,(H2,16,23)(H,19,24). The zero-order chi connectivity index (χ0) is 18.0. The number of nitrogens with one attached hydrogen (secondary N) is 3. The first-order chi connectivity index (χ1) is 12.0. The predicted octanol–water partition coefficient (Wildman–Crippen LogP) is -1.26. The van der Waals surface area contributed by atoms with Crippen molar-refractivity contribution in [1.29, 1.82) is 0 Å². The van der Waals surface area contributed by atoms with Gasteiger partial charge >= 0.3 is 5.69 Å². The summed E-state index contributed by atoms with van der Waals surface area (Å²) in [4.78, 5) is 31.1. The zero-order valence-corrected chi connectivity index (χ0v) is 13.4. The minimum absolute atomic E-state index is 0.0753. The monoisotopic (exact) mass is 346 g/mol. The Morgan fingerprint density at radius 3 is 2.92 bits per heavy atom. The van der Waals surface area contributed by atoms with Gasteiger partial charge in [-0.15, -0.1) is 0 Å². The van der Waals surface area contributed by atoms with Crippen molar-refractivity contribution in [2.45, 2.75) is 5.79 Å². The van der Waals surface area contributed by atoms with Crippen molar-refractivity contribution >= 4 is 17.9 Å². The van der Waals surface area contributed by atoms with Crippen molar-refractivity contribution in [2.75, 3.05) is 25.6 Å². The maximum Gasteiger partial charge on any atom is 0.332 e. The molecule has 1 aliphatic heterocycles. The Hall–Kier alpha value is -3.11. The van der Waals surface area contributed by atoms with E-state index in [1.807, 2.05) is 0 Å². The van der Waals surface area contributed by atoms with E-state index < -0.39 is 17.4 Å². The van der Waals surface area contributed by atoms with Crippen LogP contribution in [-0.2, 0) is 4.79 Å². The molecule has 0 bridgehead atoms. The quantitative estimate of drug-likeness (QED) is 0.441. The summed E-state index contributed by atoms with van der Waals surface area (Å²) in [5.74, 6) is -1.70. The first kappa shape index (κ1) is 16.7. The number of benzene rings is 1. The molecule has 2 heterocycles. The van der Waals surface area contributed by atoms with Crippen molar-refractivity contribution in [3.05, 3.63) is 40.4 Å². The summed E-state index contributed by atoms with van der Waals surface area (Å²) in [5, 5.41) is 14.6. The van der Waals surface area contributed by atoms with Gasteiger partial charge in [-0.3, -0.25) is 10.1 Å². The van der Waals surface area contributed by atoms with Crippen molar-refractivity contribution in [2.24, 2.45) is 10.7 Å². The number of nitrogens with zero attached hydrogens (tertiary/aromatic N) is 2. The fraction of sp³-hybridized carbons (Fsp3) is 0.267. The lowest BCUT2D eigenvalue weighted by Crippen LogP contribution is -2.61. The molecular formula is C15H18N6O4. The van der Waals surface area contributed by atoms with Gasteiger partial charge in [0.15, 0.2) is 0 Å². The lowest BCUT2D eigenvalue weighted by atomic mass is 10.2. The van der Waals surface area contributed by atoms with E-state index >= 15 is 0 Å². The smallest absolute Gasteiger partial charge is 0.332 e. The molecule has 10 nitrogen and oxygen atoms in total. The van der Waals surface area contributed by atoms with Crippen LogP contribution in [0.2, 0.25) is 0 Å². The summed E-state index contributed by atoms with van der Waals surface area (Å²) >= 11 is 0. The molecule has 1 amide bonds. The third kappa shape index (κ3) is 2.77. The summed E-state index contributed by atoms with van der Waals surface area (Å²) in [6.45, 7) is -0.141. The summed E-state index contributed by atoms with van der Waals surface area (Å²) < 4.78 is 6.64. The van der Waals surface area contributed by atoms with E-state index in [-0.39, 0.29) is 13.2 Å². The fourth-order valence-electron chi connectivity index (χ4n) is 2.62. The molecule has 10 heteroatoms. The number of H-pyrrole nitrogens is 1. The molecule has 0 saturated carbocycles. The third-order valence-electron chi connectivity index (χ3n) is 3.79. The number of para-hydroxylation sites is 2. The van der Waals surface area contributed by atoms with Crippen LogP contribution in [0.25, 0.3) is 5.69 Å². The normalized spacial score (nSPS) is 18.5. The molecule has 2 aromatic rings. The van der Waals surface area contributed by atoms with E-state index in [1.54, 1.807) is 24.3 Å². The number of aromatic amines is 1. The molecule has 1 aromatic carbocycles. The Morgan fingerprint density at radius 1 is 1.48 bits per heavy atom. The number of ether oxygens (including phenoxy) is 1. The number of aliphatic hydroxyl groups excluding tert-OH is 1. The Bertz CT molecular complexity index is 886. The van der Waals surface area contributed by atoms with Crippen LogP contribution < -0.4 is 26.8 Å². The van der Waals surface area contributed by atoms with Crippen LogP contribution in [0, 0.1) is 0 Å². The van der Waals surface area contributed by atoms with Gasteiger partial charge in [0.1, 0.15) is 17.3 Å². The van der Waals surface area contributed by atoms with Gasteiger partial charge in [-0.25, -0.2) is 14.4 Å². The van der Waals surface area contributed by atoms with Crippen LogP contribution >= 0.6 is 0 Å². The molecule has 0 aliphatic carbocycles. The van der Waals surface area contributed by atoms with E-state index in [9.17, 15) is 9.59 Å². The largest absolute Gasteiger partial charge is 0.495 e. The highest BCUT2D eigenvalue weighted by molar-refractivity contribution is 5.96. The zero-order valence-electron chi connectivity index (χ0n) is 13.4. The van der Waals surface area contributed by atoms with Gasteiger partial charge in [-0.1, -0.05) is 12.1 Å². The number of carbonyl (C=O) groups excluding carboxylic acids is 1. The topological polar surface area (TPSA) is 147 Å². The molecule has 0 fully saturated rings. The van der Waals surface area contributed by atoms with Crippen LogP contribution in [0.5, 0.6) is 5.75 Å². The molecule has 0 saturated heterocycles. The van der Waals surface area contributed by atoms with Crippen molar-refractivity contribution in [3.8, 4) is 11.4 Å². The second kappa shape index (κ2) is 6.42. The number of rotatable bonds is 6. The number of hydrogen-bond acceptors (Lipinski definition) is 7. The molecule has 0 spiro atoms. The lowest BCUT2D eigenvalue weighted by Gasteiger charge is -2.32. The Kier molecular flexibility index (Phi) is 4.30. The first-order valence-corrected chi connectivity index (χ1v) is 7.50. The molecular weight excluding hydrogens is 328 g/mol. The van der Waals surface area contributed by atoms with E-state index in [1.165, 1.54) is 17.9 Å². The number of aliphatic hydroxyl groups is 1. The Labute approximate surface area is 142 Å². The van der Waals surface area contributed by atoms with Crippen molar-refractivity contribution in [3.63, 3.8) is 0 Å². The number of fused-ring (bicyclic) bond motifs is 1. The van der Waals surface area contributed by atoms with Crippen LogP contribution in [0.15, 0.2) is 34.1 Å². The number of anilines is 1. The van der Waals surface area contributed by atoms with Crippen LogP contribution in [0.4, 0.5) is 5.82 Å². The fourth-order valence-corrected chi connectivity index (χ4v) is 2.62. The third-order valence-corrected chi connectivity index (χ3v) is 3.79. The second-order valence-corrected chi connectivity index (χ2v) is 5.31. The molecule has 132 valence electrons. The summed E-state index contributed by atoms with van der Waals surface area (Å²) in [7, 11) is 1.49. The Balaban J connectivity index is 2.13. The van der Waals surface area contributed by atoms with Gasteiger partial charge < -0.3 is 25.9 Å². The number of imidazole rings is 1. The first-order valence-electron chi connectivity index (χ1n) is 7.50. The van der Waals surface area contributed by atoms with Gasteiger partial charge in [0.05, 0.1) is 25.6 Å². The molecule has 1 aliphatic rings. The van der Waals surface area contributed by atoms with Crippen molar-refractivity contribution < 1.29 is 14.6 Å². The number of methoxy groups -OCH3 is 1. The number of nitrogens with two attached hydrogens (primary N) is 1. The number of primary amides is 1. The molecule has 3 rings (SSSR count). The molecule has 25 heavy (non-hydrogen) atoms. The lowest BCUT2D eigenvalue weighted by molar-refractivity contribution is -0.123. The number of carbonyl (C=O) groups is 1. The van der Waals surface area contributed by atoms with Crippen LogP contribution in [0.3, 0.4) is 0 Å². The number of amides is 1. The van der Waals surface area contributed by atoms with E-state index in [0.717, 1.165) is 0 Å². The van der Waals surface area contributed by atoms with Gasteiger partial charge in [0, 0.05) is 6.54 Å². The molecule has 6 N–H and O–H groups in total. The second-order valence-electron chi connectivity index (χ2n) is 5.31. The number of aromatic nitrogens is 2. The highest BCUT2D eigenvalue weighted by Crippen LogP contribution is 2.28. The summed E-state index contributed by atoms with van der Waals surface area (Å²) in [5.41, 5.74) is 5.91. The Morgan fingerprint density at radius 2 is 2.24 bits per heavy atom. The number of hydrogen-bond donors (Lipinski definition) is 5. The van der Waals surface area contributed by atoms with E-state index in [0.29, 0.717) is 22.9 Å². The molecule has 1 aromatic heterocycles. The average molecular weight is 346 g/mol. The van der Waals surface area contributed by atoms with Crippen LogP contribution in [-0.4, -0.2) is 52.8 Å². The minimum atomic E-state index is -1.67. The maximum absolute atomic E-state index is 12.4. The van der Waals surface area contributed by atoms with Crippen molar-refractivity contribution in [1.82, 2.24) is 14.9 Å².